The summed E-state index contributed by atoms with van der Waals surface area (Å²) in [6.07, 6.45) is 18.7. The topological polar surface area (TPSA) is 0 Å². The fourth-order valence-electron chi connectivity index (χ4n) is 4.95. The third-order valence-corrected chi connectivity index (χ3v) is 6.87. The number of aryl methyl sites for hydroxylation is 5. The van der Waals surface area contributed by atoms with E-state index in [1.807, 2.05) is 50.2 Å². The summed E-state index contributed by atoms with van der Waals surface area (Å²) in [4.78, 5) is 0. The van der Waals surface area contributed by atoms with E-state index in [1.54, 1.807) is 22.3 Å². The first-order valence-electron chi connectivity index (χ1n) is 17.1. The predicted molar refractivity (Wildman–Crippen MR) is 195 cm³/mol. The molecule has 0 saturated carbocycles. The highest BCUT2D eigenvalue weighted by atomic mass is 14.1. The van der Waals surface area contributed by atoms with Crippen molar-refractivity contribution in [3.8, 4) is 0 Å². The van der Waals surface area contributed by atoms with Crippen LogP contribution in [0.15, 0.2) is 115 Å². The molecule has 4 aromatic rings. The smallest absolute Gasteiger partial charge is 0.0228 e. The first-order valence-corrected chi connectivity index (χ1v) is 17.1. The third kappa shape index (κ3) is 16.7. The lowest BCUT2D eigenvalue weighted by Crippen LogP contribution is -2.00. The zero-order chi connectivity index (χ0) is 31.4. The van der Waals surface area contributed by atoms with Crippen molar-refractivity contribution >= 4 is 6.08 Å². The largest absolute Gasteiger partial charge is 0.0836 e. The van der Waals surface area contributed by atoms with Gasteiger partial charge in [0.25, 0.3) is 0 Å². The van der Waals surface area contributed by atoms with Crippen LogP contribution in [0, 0.1) is 0 Å². The van der Waals surface area contributed by atoms with Gasteiger partial charge in [-0.2, -0.15) is 0 Å². The first-order chi connectivity index (χ1) is 21.2. The Morgan fingerprint density at radius 2 is 0.721 bits per heavy atom. The van der Waals surface area contributed by atoms with Crippen molar-refractivity contribution in [3.05, 3.63) is 149 Å². The van der Waals surface area contributed by atoms with Crippen LogP contribution < -0.4 is 0 Å². The Bertz CT molecular complexity index is 1120. The second-order valence-corrected chi connectivity index (χ2v) is 10.8. The van der Waals surface area contributed by atoms with Crippen molar-refractivity contribution in [1.82, 2.24) is 0 Å². The summed E-state index contributed by atoms with van der Waals surface area (Å²) >= 11 is 0. The molecule has 0 radical (unpaired) electrons. The quantitative estimate of drug-likeness (QED) is 0.195. The standard InChI is InChI=1S/C10H12.C10H10.C9H10.C6H6.2C3H8.C2H6/c2*1-2-6-10-8-4-3-7-9(10)5-1;1-2-5-9-7-3-6-8(9)4-1;1-2-4-6-5-3-1;2*1-3-2;1-2/h1-2,5-6H,3-4,7-8H2;1-3,5-7H,4,8H2;1-2,4-5H,3,6-7H2;1-6H;2*3H2,1-2H3;1-2H3. The van der Waals surface area contributed by atoms with Gasteiger partial charge < -0.3 is 0 Å². The molecule has 0 heterocycles. The summed E-state index contributed by atoms with van der Waals surface area (Å²) in [5.41, 5.74) is 9.18. The highest BCUT2D eigenvalue weighted by molar-refractivity contribution is 5.55. The molecule has 0 bridgehead atoms. The van der Waals surface area contributed by atoms with Crippen molar-refractivity contribution in [2.75, 3.05) is 0 Å². The van der Waals surface area contributed by atoms with Gasteiger partial charge in [-0.05, 0) is 91.2 Å². The van der Waals surface area contributed by atoms with Gasteiger partial charge in [-0.25, -0.2) is 0 Å². The minimum absolute atomic E-state index is 1.21. The third-order valence-electron chi connectivity index (χ3n) is 6.87. The number of rotatable bonds is 0. The van der Waals surface area contributed by atoms with E-state index in [1.165, 1.54) is 81.8 Å². The molecule has 0 amide bonds. The molecule has 3 aliphatic rings. The van der Waals surface area contributed by atoms with E-state index in [9.17, 15) is 0 Å². The Kier molecular flexibility index (Phi) is 23.0. The van der Waals surface area contributed by atoms with Crippen LogP contribution in [0.1, 0.15) is 113 Å². The van der Waals surface area contributed by atoms with E-state index >= 15 is 0 Å². The minimum Gasteiger partial charge on any atom is -0.0836 e. The molecular formula is C43H60. The van der Waals surface area contributed by atoms with Crippen LogP contribution in [-0.4, -0.2) is 0 Å². The van der Waals surface area contributed by atoms with Crippen LogP contribution in [0.4, 0.5) is 0 Å². The maximum absolute atomic E-state index is 2.26. The van der Waals surface area contributed by atoms with Crippen molar-refractivity contribution in [2.45, 2.75) is 112 Å². The van der Waals surface area contributed by atoms with Crippen molar-refractivity contribution in [1.29, 1.82) is 0 Å². The molecule has 0 atom stereocenters. The zero-order valence-corrected chi connectivity index (χ0v) is 28.3. The molecule has 0 aliphatic heterocycles. The second kappa shape index (κ2) is 26.3. The number of benzene rings is 4. The Morgan fingerprint density at radius 3 is 1.09 bits per heavy atom. The van der Waals surface area contributed by atoms with Crippen LogP contribution in [0.5, 0.6) is 0 Å². The maximum Gasteiger partial charge on any atom is -0.0228 e. The van der Waals surface area contributed by atoms with Gasteiger partial charge >= 0.3 is 0 Å². The Labute approximate surface area is 266 Å². The Balaban J connectivity index is 0.000000268. The predicted octanol–water partition coefficient (Wildman–Crippen LogP) is 12.9. The van der Waals surface area contributed by atoms with Crippen LogP contribution in [-0.2, 0) is 32.1 Å². The van der Waals surface area contributed by atoms with Crippen molar-refractivity contribution < 1.29 is 0 Å². The van der Waals surface area contributed by atoms with Gasteiger partial charge in [-0.15, -0.1) is 0 Å². The number of allylic oxidation sites excluding steroid dienone is 1. The Hall–Kier alpha value is -3.38. The molecule has 0 fully saturated rings. The van der Waals surface area contributed by atoms with E-state index in [0.29, 0.717) is 0 Å². The first kappa shape index (κ1) is 37.6. The molecular weight excluding hydrogens is 516 g/mol. The van der Waals surface area contributed by atoms with Crippen LogP contribution >= 0.6 is 0 Å². The normalized spacial score (nSPS) is 12.6. The molecule has 7 rings (SSSR count). The average molecular weight is 577 g/mol. The lowest BCUT2D eigenvalue weighted by atomic mass is 9.92. The number of hydrogen-bond donors (Lipinski definition) is 0. The fourth-order valence-corrected chi connectivity index (χ4v) is 4.95. The summed E-state index contributed by atoms with van der Waals surface area (Å²) in [6, 6.07) is 38.1. The lowest BCUT2D eigenvalue weighted by molar-refractivity contribution is 0.685. The maximum atomic E-state index is 2.26. The molecule has 0 N–H and O–H groups in total. The van der Waals surface area contributed by atoms with E-state index in [2.05, 4.69) is 113 Å². The lowest BCUT2D eigenvalue weighted by Gasteiger charge is -2.13. The fraction of sp³-hybridized carbons (Fsp3) is 0.395. The summed E-state index contributed by atoms with van der Waals surface area (Å²) in [7, 11) is 0. The molecule has 0 aromatic heterocycles. The highest BCUT2D eigenvalue weighted by Crippen LogP contribution is 2.21. The van der Waals surface area contributed by atoms with Crippen LogP contribution in [0.2, 0.25) is 0 Å². The SMILES string of the molecule is C1=Cc2ccccc2CC1.CC.CCC.CCC.c1ccc2c(c1)CCC2.c1ccc2c(c1)CCCC2.c1ccccc1. The van der Waals surface area contributed by atoms with Gasteiger partial charge in [-0.1, -0.05) is 176 Å². The van der Waals surface area contributed by atoms with Gasteiger partial charge in [-0.3, -0.25) is 0 Å². The Morgan fingerprint density at radius 1 is 0.395 bits per heavy atom. The van der Waals surface area contributed by atoms with Crippen molar-refractivity contribution in [3.63, 3.8) is 0 Å². The van der Waals surface area contributed by atoms with Gasteiger partial charge in [0, 0.05) is 0 Å². The molecule has 0 heteroatoms. The van der Waals surface area contributed by atoms with E-state index in [-0.39, 0.29) is 0 Å². The molecule has 232 valence electrons. The zero-order valence-electron chi connectivity index (χ0n) is 28.3. The van der Waals surface area contributed by atoms with Crippen molar-refractivity contribution in [2.24, 2.45) is 0 Å². The van der Waals surface area contributed by atoms with E-state index < -0.39 is 0 Å². The van der Waals surface area contributed by atoms with Gasteiger partial charge in [0.1, 0.15) is 0 Å². The highest BCUT2D eigenvalue weighted by Gasteiger charge is 2.07. The van der Waals surface area contributed by atoms with Crippen LogP contribution in [0.25, 0.3) is 6.08 Å². The second-order valence-electron chi connectivity index (χ2n) is 10.8. The molecule has 43 heavy (non-hydrogen) atoms. The molecule has 0 unspecified atom stereocenters. The van der Waals surface area contributed by atoms with E-state index in [4.69, 9.17) is 0 Å². The molecule has 3 aliphatic carbocycles. The van der Waals surface area contributed by atoms with E-state index in [0.717, 1.165) is 0 Å². The monoisotopic (exact) mass is 576 g/mol. The number of fused-ring (bicyclic) bond motifs is 3. The summed E-state index contributed by atoms with van der Waals surface area (Å²) in [5, 5.41) is 0. The molecule has 4 aromatic carbocycles. The number of hydrogen-bond acceptors (Lipinski definition) is 0. The summed E-state index contributed by atoms with van der Waals surface area (Å²) < 4.78 is 0. The molecule has 0 spiro atoms. The molecule has 0 nitrogen and oxygen atoms in total. The minimum atomic E-state index is 1.21. The summed E-state index contributed by atoms with van der Waals surface area (Å²) in [5.74, 6) is 0. The van der Waals surface area contributed by atoms with Crippen LogP contribution in [0.3, 0.4) is 0 Å². The van der Waals surface area contributed by atoms with Gasteiger partial charge in [0.2, 0.25) is 0 Å². The summed E-state index contributed by atoms with van der Waals surface area (Å²) in [6.45, 7) is 12.5. The van der Waals surface area contributed by atoms with Gasteiger partial charge in [0.05, 0.1) is 0 Å². The van der Waals surface area contributed by atoms with Gasteiger partial charge in [0.15, 0.2) is 0 Å². The molecule has 0 saturated heterocycles. The average Bonchev–Trinajstić information content (AvgIpc) is 3.58.